The molecule has 0 amide bonds. The van der Waals surface area contributed by atoms with Crippen molar-refractivity contribution in [1.29, 1.82) is 0 Å². The number of rotatable bonds is 10. The lowest BCUT2D eigenvalue weighted by atomic mass is 10.0. The highest BCUT2D eigenvalue weighted by Gasteiger charge is 2.41. The average Bonchev–Trinajstić information content (AvgIpc) is 3.11. The highest BCUT2D eigenvalue weighted by molar-refractivity contribution is 14.0. The highest BCUT2D eigenvalue weighted by atomic mass is 127. The molecule has 0 spiro atoms. The fraction of sp³-hybridized carbons (Fsp3) is 0.722. The van der Waals surface area contributed by atoms with E-state index in [1.165, 1.54) is 12.8 Å². The first-order valence-electron chi connectivity index (χ1n) is 8.67. The van der Waals surface area contributed by atoms with Gasteiger partial charge in [-0.3, -0.25) is 4.99 Å². The van der Waals surface area contributed by atoms with Gasteiger partial charge in [-0.25, -0.2) is 0 Å². The minimum Gasteiger partial charge on any atom is -0.469 e. The Balaban J connectivity index is 0.00000288. The first-order valence-corrected chi connectivity index (χ1v) is 8.67. The molecule has 0 radical (unpaired) electrons. The monoisotopic (exact) mass is 449 g/mol. The van der Waals surface area contributed by atoms with Crippen molar-refractivity contribution in [1.82, 2.24) is 10.6 Å². The summed E-state index contributed by atoms with van der Waals surface area (Å²) < 4.78 is 10.6. The van der Waals surface area contributed by atoms with Crippen molar-refractivity contribution < 1.29 is 9.15 Å². The standard InChI is InChI=1S/C18H31N3O2.HI/c1-15(2)13-20-17(19-10-6-16-5-4-11-23-16)21-14-18(7-8-18)9-12-22-3;/h4-5,11,15H,6-10,12-14H2,1-3H3,(H2,19,20,21);1H. The Morgan fingerprint density at radius 3 is 2.75 bits per heavy atom. The van der Waals surface area contributed by atoms with Gasteiger partial charge in [0.15, 0.2) is 5.96 Å². The van der Waals surface area contributed by atoms with E-state index in [0.29, 0.717) is 11.3 Å². The van der Waals surface area contributed by atoms with Gasteiger partial charge in [-0.15, -0.1) is 24.0 Å². The second kappa shape index (κ2) is 11.0. The van der Waals surface area contributed by atoms with Gasteiger partial charge in [-0.2, -0.15) is 0 Å². The number of nitrogens with one attached hydrogen (secondary N) is 2. The molecule has 2 N–H and O–H groups in total. The number of methoxy groups -OCH3 is 1. The topological polar surface area (TPSA) is 58.8 Å². The first kappa shape index (κ1) is 21.3. The normalized spacial score (nSPS) is 15.9. The molecule has 1 heterocycles. The number of halogens is 1. The van der Waals surface area contributed by atoms with Crippen molar-refractivity contribution >= 4 is 29.9 Å². The largest absolute Gasteiger partial charge is 0.469 e. The minimum atomic E-state index is 0. The molecule has 1 aromatic heterocycles. The van der Waals surface area contributed by atoms with E-state index in [1.54, 1.807) is 13.4 Å². The van der Waals surface area contributed by atoms with Crippen LogP contribution in [0.15, 0.2) is 27.8 Å². The summed E-state index contributed by atoms with van der Waals surface area (Å²) in [7, 11) is 1.77. The van der Waals surface area contributed by atoms with E-state index in [0.717, 1.165) is 50.8 Å². The summed E-state index contributed by atoms with van der Waals surface area (Å²) in [5.41, 5.74) is 0.378. The molecular formula is C18H32IN3O2. The number of ether oxygens (including phenoxy) is 1. The van der Waals surface area contributed by atoms with Gasteiger partial charge < -0.3 is 19.8 Å². The third kappa shape index (κ3) is 7.88. The van der Waals surface area contributed by atoms with Gasteiger partial charge in [0.25, 0.3) is 0 Å². The van der Waals surface area contributed by atoms with E-state index in [9.17, 15) is 0 Å². The Bertz CT molecular complexity index is 471. The lowest BCUT2D eigenvalue weighted by Gasteiger charge is -2.16. The van der Waals surface area contributed by atoms with Gasteiger partial charge in [-0.1, -0.05) is 13.8 Å². The maximum Gasteiger partial charge on any atom is 0.191 e. The molecule has 2 rings (SSSR count). The van der Waals surface area contributed by atoms with Crippen LogP contribution in [0.2, 0.25) is 0 Å². The molecule has 0 aliphatic heterocycles. The van der Waals surface area contributed by atoms with Crippen LogP contribution in [-0.2, 0) is 11.2 Å². The molecule has 0 atom stereocenters. The van der Waals surface area contributed by atoms with Crippen molar-refractivity contribution in [2.75, 3.05) is 33.4 Å². The third-order valence-electron chi connectivity index (χ3n) is 4.29. The molecule has 1 aromatic rings. The summed E-state index contributed by atoms with van der Waals surface area (Å²) in [6.07, 6.45) is 6.22. The summed E-state index contributed by atoms with van der Waals surface area (Å²) in [4.78, 5) is 4.81. The van der Waals surface area contributed by atoms with Crippen LogP contribution in [-0.4, -0.2) is 39.3 Å². The maximum atomic E-state index is 5.37. The van der Waals surface area contributed by atoms with Crippen molar-refractivity contribution in [2.45, 2.75) is 39.5 Å². The Hall–Kier alpha value is -0.760. The molecule has 5 nitrogen and oxygen atoms in total. The molecule has 1 aliphatic carbocycles. The van der Waals surface area contributed by atoms with Crippen molar-refractivity contribution in [2.24, 2.45) is 16.3 Å². The average molecular weight is 449 g/mol. The Morgan fingerprint density at radius 1 is 1.38 bits per heavy atom. The molecule has 1 saturated carbocycles. The van der Waals surface area contributed by atoms with Crippen molar-refractivity contribution in [3.63, 3.8) is 0 Å². The second-order valence-corrected chi connectivity index (χ2v) is 6.94. The molecule has 0 bridgehead atoms. The summed E-state index contributed by atoms with van der Waals surface area (Å²) in [5.74, 6) is 2.50. The van der Waals surface area contributed by atoms with Gasteiger partial charge in [0.05, 0.1) is 6.26 Å². The molecule has 0 saturated heterocycles. The zero-order valence-corrected chi connectivity index (χ0v) is 17.5. The van der Waals surface area contributed by atoms with E-state index in [-0.39, 0.29) is 24.0 Å². The Kier molecular flexibility index (Phi) is 9.73. The lowest BCUT2D eigenvalue weighted by molar-refractivity contribution is 0.174. The minimum absolute atomic E-state index is 0. The van der Waals surface area contributed by atoms with Crippen LogP contribution < -0.4 is 10.6 Å². The molecule has 0 aromatic carbocycles. The number of furan rings is 1. The van der Waals surface area contributed by atoms with Crippen LogP contribution in [0.25, 0.3) is 0 Å². The number of guanidine groups is 1. The molecule has 0 unspecified atom stereocenters. The van der Waals surface area contributed by atoms with Crippen LogP contribution in [0.5, 0.6) is 0 Å². The maximum absolute atomic E-state index is 5.37. The summed E-state index contributed by atoms with van der Waals surface area (Å²) in [6, 6.07) is 3.93. The summed E-state index contributed by atoms with van der Waals surface area (Å²) in [6.45, 7) is 7.86. The number of aliphatic imine (C=N–C) groups is 1. The van der Waals surface area contributed by atoms with Crippen molar-refractivity contribution in [3.05, 3.63) is 24.2 Å². The molecule has 6 heteroatoms. The quantitative estimate of drug-likeness (QED) is 0.327. The van der Waals surface area contributed by atoms with Crippen LogP contribution in [0.3, 0.4) is 0 Å². The van der Waals surface area contributed by atoms with Gasteiger partial charge in [0.2, 0.25) is 0 Å². The zero-order valence-electron chi connectivity index (χ0n) is 15.1. The predicted molar refractivity (Wildman–Crippen MR) is 109 cm³/mol. The Labute approximate surface area is 163 Å². The van der Waals surface area contributed by atoms with Crippen LogP contribution in [0.1, 0.15) is 38.9 Å². The second-order valence-electron chi connectivity index (χ2n) is 6.94. The number of hydrogen-bond donors (Lipinski definition) is 2. The fourth-order valence-electron chi connectivity index (χ4n) is 2.46. The van der Waals surface area contributed by atoms with Gasteiger partial charge in [0.1, 0.15) is 5.76 Å². The van der Waals surface area contributed by atoms with E-state index in [2.05, 4.69) is 24.5 Å². The molecular weight excluding hydrogens is 417 g/mol. The van der Waals surface area contributed by atoms with E-state index in [4.69, 9.17) is 14.1 Å². The van der Waals surface area contributed by atoms with Crippen LogP contribution >= 0.6 is 24.0 Å². The summed E-state index contributed by atoms with van der Waals surface area (Å²) >= 11 is 0. The predicted octanol–water partition coefficient (Wildman–Crippen LogP) is 3.45. The molecule has 24 heavy (non-hydrogen) atoms. The SMILES string of the molecule is COCCC1(CN=C(NCCc2ccco2)NCC(C)C)CC1.I. The molecule has 1 aliphatic rings. The molecule has 1 fully saturated rings. The van der Waals surface area contributed by atoms with E-state index in [1.807, 2.05) is 12.1 Å². The fourth-order valence-corrected chi connectivity index (χ4v) is 2.46. The lowest BCUT2D eigenvalue weighted by Crippen LogP contribution is -2.40. The van der Waals surface area contributed by atoms with Gasteiger partial charge >= 0.3 is 0 Å². The van der Waals surface area contributed by atoms with Gasteiger partial charge in [-0.05, 0) is 42.7 Å². The zero-order chi connectivity index (χ0) is 16.5. The smallest absolute Gasteiger partial charge is 0.191 e. The highest BCUT2D eigenvalue weighted by Crippen LogP contribution is 2.48. The number of nitrogens with zero attached hydrogens (tertiary/aromatic N) is 1. The third-order valence-corrected chi connectivity index (χ3v) is 4.29. The number of hydrogen-bond acceptors (Lipinski definition) is 3. The van der Waals surface area contributed by atoms with E-state index >= 15 is 0 Å². The van der Waals surface area contributed by atoms with Crippen LogP contribution in [0.4, 0.5) is 0 Å². The van der Waals surface area contributed by atoms with E-state index < -0.39 is 0 Å². The van der Waals surface area contributed by atoms with Crippen LogP contribution in [0, 0.1) is 11.3 Å². The Morgan fingerprint density at radius 2 is 2.17 bits per heavy atom. The molecule has 138 valence electrons. The van der Waals surface area contributed by atoms with Gasteiger partial charge in [0, 0.05) is 39.8 Å². The first-order chi connectivity index (χ1) is 11.1. The summed E-state index contributed by atoms with van der Waals surface area (Å²) in [5, 5.41) is 6.85. The van der Waals surface area contributed by atoms with Crippen molar-refractivity contribution in [3.8, 4) is 0 Å².